The van der Waals surface area contributed by atoms with E-state index in [1.165, 1.54) is 11.8 Å². The fraction of sp³-hybridized carbons (Fsp3) is 0.300. The molecule has 0 aliphatic rings. The minimum atomic E-state index is 0.371. The highest BCUT2D eigenvalue weighted by molar-refractivity contribution is 7.99. The van der Waals surface area contributed by atoms with E-state index in [1.54, 1.807) is 6.26 Å². The van der Waals surface area contributed by atoms with E-state index >= 15 is 0 Å². The van der Waals surface area contributed by atoms with Crippen molar-refractivity contribution in [3.05, 3.63) is 18.4 Å². The van der Waals surface area contributed by atoms with Gasteiger partial charge >= 0.3 is 0 Å². The Hall–Kier alpha value is -1.74. The standard InChI is InChI=1S/C10H10N4OS/c1-2-14-9(8-4-3-6-15-8)12-13-10(14)16-7-5-11/h3-4,6H,2,7H2,1H3. The molecule has 0 amide bonds. The SMILES string of the molecule is CCn1c(SCC#N)nnc1-c1ccco1. The van der Waals surface area contributed by atoms with Crippen LogP contribution in [0.25, 0.3) is 11.6 Å². The molecule has 0 atom stereocenters. The summed E-state index contributed by atoms with van der Waals surface area (Å²) in [7, 11) is 0. The molecule has 0 unspecified atom stereocenters. The van der Waals surface area contributed by atoms with Crippen molar-refractivity contribution in [1.82, 2.24) is 14.8 Å². The summed E-state index contributed by atoms with van der Waals surface area (Å²) in [4.78, 5) is 0. The third-order valence-electron chi connectivity index (χ3n) is 2.04. The summed E-state index contributed by atoms with van der Waals surface area (Å²) in [6.07, 6.45) is 1.60. The first-order chi connectivity index (χ1) is 7.86. The number of rotatable bonds is 4. The van der Waals surface area contributed by atoms with Gasteiger partial charge < -0.3 is 4.42 Å². The molecule has 2 aromatic rings. The first-order valence-corrected chi connectivity index (χ1v) is 5.82. The fourth-order valence-corrected chi connectivity index (χ4v) is 2.03. The summed E-state index contributed by atoms with van der Waals surface area (Å²) in [5.41, 5.74) is 0. The molecule has 0 fully saturated rings. The summed E-state index contributed by atoms with van der Waals surface area (Å²) < 4.78 is 7.21. The number of nitrogens with zero attached hydrogens (tertiary/aromatic N) is 4. The lowest BCUT2D eigenvalue weighted by Crippen LogP contribution is -1.99. The average Bonchev–Trinajstić information content (AvgIpc) is 2.94. The molecule has 0 bridgehead atoms. The van der Waals surface area contributed by atoms with E-state index in [0.717, 1.165) is 11.7 Å². The molecule has 5 nitrogen and oxygen atoms in total. The van der Waals surface area contributed by atoms with Crippen LogP contribution in [0, 0.1) is 11.3 Å². The summed E-state index contributed by atoms with van der Waals surface area (Å²) in [5, 5.41) is 17.4. The van der Waals surface area contributed by atoms with E-state index in [0.29, 0.717) is 17.3 Å². The molecule has 0 aliphatic heterocycles. The summed E-state index contributed by atoms with van der Waals surface area (Å²) >= 11 is 1.38. The monoisotopic (exact) mass is 234 g/mol. The third kappa shape index (κ3) is 1.95. The zero-order valence-electron chi connectivity index (χ0n) is 8.75. The van der Waals surface area contributed by atoms with Crippen LogP contribution >= 0.6 is 11.8 Å². The van der Waals surface area contributed by atoms with Gasteiger partial charge in [-0.05, 0) is 19.1 Å². The van der Waals surface area contributed by atoms with Crippen LogP contribution in [0.5, 0.6) is 0 Å². The number of aromatic nitrogens is 3. The first kappa shape index (κ1) is 10.8. The Morgan fingerprint density at radius 1 is 1.56 bits per heavy atom. The van der Waals surface area contributed by atoms with Gasteiger partial charge in [0.1, 0.15) is 0 Å². The van der Waals surface area contributed by atoms with E-state index in [-0.39, 0.29) is 0 Å². The van der Waals surface area contributed by atoms with Gasteiger partial charge in [0.15, 0.2) is 16.7 Å². The van der Waals surface area contributed by atoms with Crippen LogP contribution in [0.15, 0.2) is 28.0 Å². The number of hydrogen-bond acceptors (Lipinski definition) is 5. The number of hydrogen-bond donors (Lipinski definition) is 0. The first-order valence-electron chi connectivity index (χ1n) is 4.83. The Morgan fingerprint density at radius 2 is 2.44 bits per heavy atom. The van der Waals surface area contributed by atoms with Crippen molar-refractivity contribution < 1.29 is 4.42 Å². The van der Waals surface area contributed by atoms with Crippen molar-refractivity contribution in [2.45, 2.75) is 18.6 Å². The average molecular weight is 234 g/mol. The van der Waals surface area contributed by atoms with Crippen molar-refractivity contribution in [3.63, 3.8) is 0 Å². The number of furan rings is 1. The summed E-state index contributed by atoms with van der Waals surface area (Å²) in [6.45, 7) is 2.75. The van der Waals surface area contributed by atoms with Crippen LogP contribution < -0.4 is 0 Å². The predicted molar refractivity (Wildman–Crippen MR) is 59.7 cm³/mol. The Labute approximate surface area is 97.1 Å². The van der Waals surface area contributed by atoms with Crippen LogP contribution in [-0.2, 0) is 6.54 Å². The molecule has 0 aromatic carbocycles. The quantitative estimate of drug-likeness (QED) is 0.758. The molecular weight excluding hydrogens is 224 g/mol. The maximum absolute atomic E-state index is 8.54. The van der Waals surface area contributed by atoms with Crippen molar-refractivity contribution in [2.75, 3.05) is 5.75 Å². The predicted octanol–water partition coefficient (Wildman–Crippen LogP) is 2.17. The lowest BCUT2D eigenvalue weighted by Gasteiger charge is -2.03. The van der Waals surface area contributed by atoms with E-state index < -0.39 is 0 Å². The van der Waals surface area contributed by atoms with Crippen LogP contribution in [-0.4, -0.2) is 20.5 Å². The molecule has 16 heavy (non-hydrogen) atoms. The van der Waals surface area contributed by atoms with Gasteiger partial charge in [0.05, 0.1) is 18.1 Å². The molecule has 0 spiro atoms. The van der Waals surface area contributed by atoms with Crippen molar-refractivity contribution in [2.24, 2.45) is 0 Å². The number of thioether (sulfide) groups is 1. The van der Waals surface area contributed by atoms with Gasteiger partial charge in [-0.3, -0.25) is 4.57 Å². The van der Waals surface area contributed by atoms with E-state index in [9.17, 15) is 0 Å². The smallest absolute Gasteiger partial charge is 0.200 e. The summed E-state index contributed by atoms with van der Waals surface area (Å²) in [5.74, 6) is 1.77. The molecule has 0 N–H and O–H groups in total. The van der Waals surface area contributed by atoms with Crippen LogP contribution in [0.1, 0.15) is 6.92 Å². The fourth-order valence-electron chi connectivity index (χ4n) is 1.37. The molecule has 82 valence electrons. The second-order valence-corrected chi connectivity index (χ2v) is 3.92. The van der Waals surface area contributed by atoms with Crippen LogP contribution in [0.3, 0.4) is 0 Å². The van der Waals surface area contributed by atoms with Gasteiger partial charge in [-0.2, -0.15) is 5.26 Å². The Morgan fingerprint density at radius 3 is 3.06 bits per heavy atom. The molecule has 2 rings (SSSR count). The maximum atomic E-state index is 8.54. The molecule has 6 heteroatoms. The normalized spacial score (nSPS) is 10.2. The zero-order chi connectivity index (χ0) is 11.4. The van der Waals surface area contributed by atoms with Gasteiger partial charge in [-0.1, -0.05) is 11.8 Å². The van der Waals surface area contributed by atoms with Crippen molar-refractivity contribution in [1.29, 1.82) is 5.26 Å². The van der Waals surface area contributed by atoms with Gasteiger partial charge in [-0.25, -0.2) is 0 Å². The van der Waals surface area contributed by atoms with E-state index in [2.05, 4.69) is 16.3 Å². The molecule has 2 aromatic heterocycles. The molecule has 0 radical (unpaired) electrons. The maximum Gasteiger partial charge on any atom is 0.200 e. The molecule has 0 aliphatic carbocycles. The van der Waals surface area contributed by atoms with Gasteiger partial charge in [0, 0.05) is 6.54 Å². The Balaban J connectivity index is 2.34. The highest BCUT2D eigenvalue weighted by Gasteiger charge is 2.14. The summed E-state index contributed by atoms with van der Waals surface area (Å²) in [6, 6.07) is 5.72. The highest BCUT2D eigenvalue weighted by atomic mass is 32.2. The lowest BCUT2D eigenvalue weighted by molar-refractivity contribution is 0.567. The van der Waals surface area contributed by atoms with Gasteiger partial charge in [0.25, 0.3) is 0 Å². The molecule has 0 saturated heterocycles. The Kier molecular flexibility index (Phi) is 3.27. The minimum Gasteiger partial charge on any atom is -0.461 e. The number of nitriles is 1. The topological polar surface area (TPSA) is 67.6 Å². The van der Waals surface area contributed by atoms with Crippen LogP contribution in [0.2, 0.25) is 0 Å². The van der Waals surface area contributed by atoms with Gasteiger partial charge in [-0.15, -0.1) is 10.2 Å². The Bertz CT molecular complexity index is 497. The zero-order valence-corrected chi connectivity index (χ0v) is 9.57. The van der Waals surface area contributed by atoms with Crippen LogP contribution in [0.4, 0.5) is 0 Å². The van der Waals surface area contributed by atoms with E-state index in [1.807, 2.05) is 23.6 Å². The third-order valence-corrected chi connectivity index (χ3v) is 2.87. The largest absolute Gasteiger partial charge is 0.461 e. The highest BCUT2D eigenvalue weighted by Crippen LogP contribution is 2.23. The van der Waals surface area contributed by atoms with Gasteiger partial charge in [0.2, 0.25) is 0 Å². The molecular formula is C10H10N4OS. The second kappa shape index (κ2) is 4.86. The molecule has 2 heterocycles. The lowest BCUT2D eigenvalue weighted by atomic mass is 10.4. The van der Waals surface area contributed by atoms with Crippen molar-refractivity contribution in [3.8, 4) is 17.7 Å². The molecule has 0 saturated carbocycles. The minimum absolute atomic E-state index is 0.371. The van der Waals surface area contributed by atoms with Crippen molar-refractivity contribution >= 4 is 11.8 Å². The second-order valence-electron chi connectivity index (χ2n) is 2.97. The van der Waals surface area contributed by atoms with E-state index in [4.69, 9.17) is 9.68 Å².